The van der Waals surface area contributed by atoms with Crippen molar-refractivity contribution in [3.63, 3.8) is 0 Å². The zero-order valence-electron chi connectivity index (χ0n) is 10.5. The Morgan fingerprint density at radius 1 is 1.28 bits per heavy atom. The largest absolute Gasteiger partial charge is 0.489 e. The maximum atomic E-state index is 13.4. The summed E-state index contributed by atoms with van der Waals surface area (Å²) in [5.74, 6) is -0.311. The van der Waals surface area contributed by atoms with Gasteiger partial charge in [-0.1, -0.05) is 17.7 Å². The lowest BCUT2D eigenvalue weighted by Gasteiger charge is -2.08. The first-order valence-corrected chi connectivity index (χ1v) is 6.48. The Kier molecular flexibility index (Phi) is 7.73. The Morgan fingerprint density at radius 2 is 2.11 bits per heavy atom. The highest BCUT2D eigenvalue weighted by atomic mass is 35.5. The molecule has 0 amide bonds. The fourth-order valence-corrected chi connectivity index (χ4v) is 1.56. The lowest BCUT2D eigenvalue weighted by molar-refractivity contribution is 0.144. The Morgan fingerprint density at radius 3 is 2.89 bits per heavy atom. The lowest BCUT2D eigenvalue weighted by atomic mass is 10.3. The van der Waals surface area contributed by atoms with Gasteiger partial charge in [-0.15, -0.1) is 0 Å². The molecule has 102 valence electrons. The van der Waals surface area contributed by atoms with Gasteiger partial charge in [0.15, 0.2) is 11.6 Å². The first kappa shape index (κ1) is 15.2. The molecule has 0 saturated heterocycles. The summed E-state index contributed by atoms with van der Waals surface area (Å²) in [7, 11) is 0. The number of benzene rings is 1. The number of hydrogen-bond acceptors (Lipinski definition) is 3. The van der Waals surface area contributed by atoms with E-state index in [-0.39, 0.29) is 10.8 Å². The lowest BCUT2D eigenvalue weighted by Crippen LogP contribution is -2.23. The summed E-state index contributed by atoms with van der Waals surface area (Å²) in [5.41, 5.74) is 0. The zero-order chi connectivity index (χ0) is 13.2. The molecular formula is C13H19ClFNO2. The SMILES string of the molecule is CCOCCCNCCOc1cccc(Cl)c1F. The van der Waals surface area contributed by atoms with Gasteiger partial charge in [0.1, 0.15) is 6.61 Å². The van der Waals surface area contributed by atoms with E-state index >= 15 is 0 Å². The third-order valence-corrected chi connectivity index (χ3v) is 2.59. The van der Waals surface area contributed by atoms with Crippen LogP contribution in [0.5, 0.6) is 5.75 Å². The minimum absolute atomic E-state index is 0.0807. The van der Waals surface area contributed by atoms with Gasteiger partial charge < -0.3 is 14.8 Å². The average molecular weight is 276 g/mol. The molecule has 1 rings (SSSR count). The summed E-state index contributed by atoms with van der Waals surface area (Å²) in [4.78, 5) is 0. The van der Waals surface area contributed by atoms with Crippen molar-refractivity contribution in [2.75, 3.05) is 32.9 Å². The van der Waals surface area contributed by atoms with Crippen molar-refractivity contribution in [1.29, 1.82) is 0 Å². The van der Waals surface area contributed by atoms with E-state index in [1.165, 1.54) is 6.07 Å². The number of nitrogens with one attached hydrogen (secondary N) is 1. The smallest absolute Gasteiger partial charge is 0.183 e. The van der Waals surface area contributed by atoms with Crippen LogP contribution < -0.4 is 10.1 Å². The second kappa shape index (κ2) is 9.14. The summed E-state index contributed by atoms with van der Waals surface area (Å²) in [6.45, 7) is 5.41. The third kappa shape index (κ3) is 5.67. The zero-order valence-corrected chi connectivity index (χ0v) is 11.3. The van der Waals surface area contributed by atoms with E-state index in [0.29, 0.717) is 13.2 Å². The molecule has 0 saturated carbocycles. The first-order valence-electron chi connectivity index (χ1n) is 6.11. The van der Waals surface area contributed by atoms with Crippen LogP contribution in [-0.4, -0.2) is 32.9 Å². The van der Waals surface area contributed by atoms with Gasteiger partial charge in [-0.3, -0.25) is 0 Å². The topological polar surface area (TPSA) is 30.5 Å². The molecule has 3 nitrogen and oxygen atoms in total. The average Bonchev–Trinajstić information content (AvgIpc) is 2.37. The van der Waals surface area contributed by atoms with E-state index < -0.39 is 5.82 Å². The van der Waals surface area contributed by atoms with Crippen LogP contribution >= 0.6 is 11.6 Å². The molecule has 0 unspecified atom stereocenters. The minimum Gasteiger partial charge on any atom is -0.489 e. The predicted octanol–water partition coefficient (Wildman–Crippen LogP) is 2.87. The molecule has 1 N–H and O–H groups in total. The van der Waals surface area contributed by atoms with Crippen molar-refractivity contribution < 1.29 is 13.9 Å². The molecule has 0 atom stereocenters. The van der Waals surface area contributed by atoms with Crippen LogP contribution in [0.3, 0.4) is 0 Å². The predicted molar refractivity (Wildman–Crippen MR) is 70.9 cm³/mol. The summed E-state index contributed by atoms with van der Waals surface area (Å²) in [6.07, 6.45) is 0.958. The fourth-order valence-electron chi connectivity index (χ4n) is 1.40. The Hall–Kier alpha value is -0.840. The van der Waals surface area contributed by atoms with Gasteiger partial charge in [-0.2, -0.15) is 0 Å². The fraction of sp³-hybridized carbons (Fsp3) is 0.538. The number of ether oxygens (including phenoxy) is 2. The molecule has 1 aromatic carbocycles. The van der Waals surface area contributed by atoms with Gasteiger partial charge >= 0.3 is 0 Å². The van der Waals surface area contributed by atoms with Crippen molar-refractivity contribution >= 4 is 11.6 Å². The van der Waals surface area contributed by atoms with Crippen LogP contribution in [-0.2, 0) is 4.74 Å². The van der Waals surface area contributed by atoms with Crippen LogP contribution in [0.25, 0.3) is 0 Å². The van der Waals surface area contributed by atoms with Crippen molar-refractivity contribution in [2.45, 2.75) is 13.3 Å². The molecule has 0 aliphatic rings. The molecule has 1 aromatic rings. The molecule has 0 radical (unpaired) electrons. The standard InChI is InChI=1S/C13H19ClFNO2/c1-2-17-9-4-7-16-8-10-18-12-6-3-5-11(14)13(12)15/h3,5-6,16H,2,4,7-10H2,1H3. The molecule has 0 aliphatic carbocycles. The van der Waals surface area contributed by atoms with E-state index in [1.54, 1.807) is 12.1 Å². The maximum Gasteiger partial charge on any atom is 0.183 e. The number of rotatable bonds is 9. The van der Waals surface area contributed by atoms with Crippen molar-refractivity contribution in [3.05, 3.63) is 29.0 Å². The highest BCUT2D eigenvalue weighted by Gasteiger charge is 2.06. The van der Waals surface area contributed by atoms with Gasteiger partial charge in [0.25, 0.3) is 0 Å². The van der Waals surface area contributed by atoms with E-state index in [2.05, 4.69) is 5.32 Å². The van der Waals surface area contributed by atoms with Gasteiger partial charge in [0, 0.05) is 19.8 Å². The molecular weight excluding hydrogens is 257 g/mol. The molecule has 0 aromatic heterocycles. The second-order valence-corrected chi connectivity index (χ2v) is 4.11. The van der Waals surface area contributed by atoms with Crippen LogP contribution in [0.15, 0.2) is 18.2 Å². The van der Waals surface area contributed by atoms with Crippen LogP contribution in [0.4, 0.5) is 4.39 Å². The van der Waals surface area contributed by atoms with E-state index in [1.807, 2.05) is 6.92 Å². The quantitative estimate of drug-likeness (QED) is 0.703. The van der Waals surface area contributed by atoms with Crippen LogP contribution in [0.1, 0.15) is 13.3 Å². The summed E-state index contributed by atoms with van der Waals surface area (Å²) >= 11 is 5.64. The third-order valence-electron chi connectivity index (χ3n) is 2.30. The number of halogens is 2. The summed E-state index contributed by atoms with van der Waals surface area (Å²) < 4.78 is 23.9. The van der Waals surface area contributed by atoms with E-state index in [4.69, 9.17) is 21.1 Å². The monoisotopic (exact) mass is 275 g/mol. The normalized spacial score (nSPS) is 10.6. The highest BCUT2D eigenvalue weighted by molar-refractivity contribution is 6.30. The van der Waals surface area contributed by atoms with Crippen LogP contribution in [0, 0.1) is 5.82 Å². The Balaban J connectivity index is 2.09. The molecule has 18 heavy (non-hydrogen) atoms. The minimum atomic E-state index is -0.504. The molecule has 0 aliphatic heterocycles. The Labute approximate surface area is 112 Å². The number of hydrogen-bond donors (Lipinski definition) is 1. The molecule has 0 heterocycles. The van der Waals surface area contributed by atoms with Gasteiger partial charge in [0.2, 0.25) is 0 Å². The molecule has 0 spiro atoms. The van der Waals surface area contributed by atoms with Crippen molar-refractivity contribution in [3.8, 4) is 5.75 Å². The van der Waals surface area contributed by atoms with Gasteiger partial charge in [-0.05, 0) is 32.0 Å². The Bertz CT molecular complexity index is 350. The summed E-state index contributed by atoms with van der Waals surface area (Å²) in [6, 6.07) is 4.72. The van der Waals surface area contributed by atoms with Gasteiger partial charge in [-0.25, -0.2) is 4.39 Å². The summed E-state index contributed by atoms with van der Waals surface area (Å²) in [5, 5.41) is 3.27. The first-order chi connectivity index (χ1) is 8.75. The molecule has 0 fully saturated rings. The van der Waals surface area contributed by atoms with E-state index in [0.717, 1.165) is 26.2 Å². The molecule has 5 heteroatoms. The van der Waals surface area contributed by atoms with Gasteiger partial charge in [0.05, 0.1) is 5.02 Å². The van der Waals surface area contributed by atoms with E-state index in [9.17, 15) is 4.39 Å². The molecule has 0 bridgehead atoms. The van der Waals surface area contributed by atoms with Crippen molar-refractivity contribution in [1.82, 2.24) is 5.32 Å². The van der Waals surface area contributed by atoms with Crippen LogP contribution in [0.2, 0.25) is 5.02 Å². The second-order valence-electron chi connectivity index (χ2n) is 3.70. The van der Waals surface area contributed by atoms with Crippen molar-refractivity contribution in [2.24, 2.45) is 0 Å². The maximum absolute atomic E-state index is 13.4. The highest BCUT2D eigenvalue weighted by Crippen LogP contribution is 2.23.